The first-order valence-corrected chi connectivity index (χ1v) is 9.95. The summed E-state index contributed by atoms with van der Waals surface area (Å²) in [5.74, 6) is -0.627. The highest BCUT2D eigenvalue weighted by molar-refractivity contribution is 6.10. The lowest BCUT2D eigenvalue weighted by molar-refractivity contribution is 0.0956. The largest absolute Gasteiger partial charge is 0.355 e. The van der Waals surface area contributed by atoms with Gasteiger partial charge < -0.3 is 20.6 Å². The fraction of sp³-hybridized carbons (Fsp3) is 0.0833. The van der Waals surface area contributed by atoms with E-state index in [1.165, 1.54) is 14.1 Å². The van der Waals surface area contributed by atoms with E-state index in [0.29, 0.717) is 43.8 Å². The quantitative estimate of drug-likeness (QED) is 0.324. The van der Waals surface area contributed by atoms with Gasteiger partial charge in [0.1, 0.15) is 0 Å². The number of benzene rings is 3. The number of aromatic nitrogens is 2. The number of carbonyl (C=O) groups is 2. The van der Waals surface area contributed by atoms with Gasteiger partial charge >= 0.3 is 0 Å². The van der Waals surface area contributed by atoms with Crippen molar-refractivity contribution in [1.29, 1.82) is 0 Å². The molecule has 0 aliphatic heterocycles. The van der Waals surface area contributed by atoms with Crippen LogP contribution in [0, 0.1) is 0 Å². The predicted molar refractivity (Wildman–Crippen MR) is 124 cm³/mol. The lowest BCUT2D eigenvalue weighted by Crippen LogP contribution is -2.20. The summed E-state index contributed by atoms with van der Waals surface area (Å²) in [6.07, 6.45) is 0. The summed E-state index contributed by atoms with van der Waals surface area (Å²) in [7, 11) is 3.04. The molecule has 32 heavy (non-hydrogen) atoms. The average molecular weight is 426 g/mol. The third kappa shape index (κ3) is 2.77. The van der Waals surface area contributed by atoms with Gasteiger partial charge in [0.25, 0.3) is 11.8 Å². The van der Waals surface area contributed by atoms with Gasteiger partial charge in [0.15, 0.2) is 10.9 Å². The molecule has 0 bridgehead atoms. The van der Waals surface area contributed by atoms with E-state index >= 15 is 0 Å². The van der Waals surface area contributed by atoms with Crippen molar-refractivity contribution in [1.82, 2.24) is 20.6 Å². The Bertz CT molecular complexity index is 1730. The van der Waals surface area contributed by atoms with E-state index in [1.807, 2.05) is 0 Å². The number of H-pyrrole nitrogens is 2. The fourth-order valence-electron chi connectivity index (χ4n) is 4.11. The topological polar surface area (TPSA) is 124 Å². The zero-order valence-corrected chi connectivity index (χ0v) is 17.3. The third-order valence-corrected chi connectivity index (χ3v) is 5.70. The van der Waals surface area contributed by atoms with Crippen LogP contribution in [0.15, 0.2) is 58.1 Å². The molecule has 8 heteroatoms. The maximum atomic E-state index is 13.4. The summed E-state index contributed by atoms with van der Waals surface area (Å²) in [5, 5.41) is 6.59. The Morgan fingerprint density at radius 2 is 1.31 bits per heavy atom. The Morgan fingerprint density at radius 3 is 2.00 bits per heavy atom. The molecule has 2 heterocycles. The van der Waals surface area contributed by atoms with Gasteiger partial charge in [-0.2, -0.15) is 0 Å². The van der Waals surface area contributed by atoms with Crippen molar-refractivity contribution in [2.45, 2.75) is 0 Å². The lowest BCUT2D eigenvalue weighted by atomic mass is 10.0. The number of amides is 2. The van der Waals surface area contributed by atoms with Crippen LogP contribution in [0.3, 0.4) is 0 Å². The van der Waals surface area contributed by atoms with Crippen LogP contribution in [-0.2, 0) is 0 Å². The zero-order valence-electron chi connectivity index (χ0n) is 17.3. The minimum Gasteiger partial charge on any atom is -0.355 e. The van der Waals surface area contributed by atoms with E-state index in [-0.39, 0.29) is 33.6 Å². The number of nitrogens with one attached hydrogen (secondary N) is 4. The number of hydrogen-bond acceptors (Lipinski definition) is 4. The summed E-state index contributed by atoms with van der Waals surface area (Å²) < 4.78 is 0. The van der Waals surface area contributed by atoms with Gasteiger partial charge in [-0.05, 0) is 42.5 Å². The number of aromatic amines is 2. The second-order valence-electron chi connectivity index (χ2n) is 7.50. The zero-order chi connectivity index (χ0) is 22.6. The second-order valence-corrected chi connectivity index (χ2v) is 7.50. The van der Waals surface area contributed by atoms with Crippen molar-refractivity contribution in [3.05, 3.63) is 80.1 Å². The lowest BCUT2D eigenvalue weighted by Gasteiger charge is -2.09. The van der Waals surface area contributed by atoms with Crippen LogP contribution in [0.4, 0.5) is 0 Å². The molecule has 0 aliphatic rings. The van der Waals surface area contributed by atoms with Crippen molar-refractivity contribution < 1.29 is 9.59 Å². The monoisotopic (exact) mass is 426 g/mol. The highest BCUT2D eigenvalue weighted by Crippen LogP contribution is 2.23. The van der Waals surface area contributed by atoms with E-state index in [1.54, 1.807) is 48.5 Å². The van der Waals surface area contributed by atoms with Crippen molar-refractivity contribution in [3.63, 3.8) is 0 Å². The Morgan fingerprint density at radius 1 is 0.688 bits per heavy atom. The molecule has 0 fully saturated rings. The molecule has 5 aromatic rings. The van der Waals surface area contributed by atoms with Gasteiger partial charge in [-0.15, -0.1) is 0 Å². The summed E-state index contributed by atoms with van der Waals surface area (Å²) in [6, 6.07) is 13.1. The molecule has 8 nitrogen and oxygen atoms in total. The van der Waals surface area contributed by atoms with Crippen LogP contribution in [0.25, 0.3) is 43.6 Å². The summed E-state index contributed by atoms with van der Waals surface area (Å²) in [4.78, 5) is 57.1. The van der Waals surface area contributed by atoms with E-state index in [4.69, 9.17) is 0 Å². The highest BCUT2D eigenvalue weighted by atomic mass is 16.2. The molecule has 3 aromatic carbocycles. The van der Waals surface area contributed by atoms with Gasteiger partial charge in [-0.1, -0.05) is 6.07 Å². The van der Waals surface area contributed by atoms with Gasteiger partial charge in [-0.3, -0.25) is 19.2 Å². The second kappa shape index (κ2) is 7.05. The molecule has 158 valence electrons. The molecule has 2 aromatic heterocycles. The molecule has 0 spiro atoms. The molecule has 0 saturated heterocycles. The highest BCUT2D eigenvalue weighted by Gasteiger charge is 2.16. The fourth-order valence-corrected chi connectivity index (χ4v) is 4.11. The first-order valence-electron chi connectivity index (χ1n) is 9.95. The first-order chi connectivity index (χ1) is 15.4. The predicted octanol–water partition coefficient (Wildman–Crippen LogP) is 2.40. The number of pyridine rings is 2. The van der Waals surface area contributed by atoms with Crippen molar-refractivity contribution in [2.24, 2.45) is 0 Å². The third-order valence-electron chi connectivity index (χ3n) is 5.70. The number of hydrogen-bond donors (Lipinski definition) is 4. The van der Waals surface area contributed by atoms with Gasteiger partial charge in [-0.25, -0.2) is 0 Å². The van der Waals surface area contributed by atoms with Gasteiger partial charge in [0, 0.05) is 35.8 Å². The molecule has 0 saturated carbocycles. The summed E-state index contributed by atoms with van der Waals surface area (Å²) >= 11 is 0. The Hall–Kier alpha value is -4.46. The Labute approximate surface area is 180 Å². The van der Waals surface area contributed by atoms with Crippen LogP contribution >= 0.6 is 0 Å². The average Bonchev–Trinajstić information content (AvgIpc) is 2.82. The van der Waals surface area contributed by atoms with Crippen LogP contribution in [0.1, 0.15) is 20.7 Å². The molecule has 5 rings (SSSR count). The molecule has 2 amide bonds. The van der Waals surface area contributed by atoms with Crippen LogP contribution in [0.2, 0.25) is 0 Å². The standard InChI is InChI=1S/C24H18N4O4/c1-25-23(31)11-6-7-12-17(8-11)28-18-10-15-19(9-14(18)21(12)29)27-16-5-3-4-13(24(32)26-2)20(16)22(15)30/h3-10H,1-2H3,(H,25,31)(H,26,32)(H,27,30)(H,28,29). The molecular formula is C24H18N4O4. The van der Waals surface area contributed by atoms with E-state index < -0.39 is 0 Å². The van der Waals surface area contributed by atoms with Crippen molar-refractivity contribution in [3.8, 4) is 0 Å². The molecular weight excluding hydrogens is 408 g/mol. The van der Waals surface area contributed by atoms with E-state index in [9.17, 15) is 19.2 Å². The van der Waals surface area contributed by atoms with Gasteiger partial charge in [0.05, 0.1) is 33.0 Å². The SMILES string of the molecule is CNC(=O)c1ccc2c(=O)c3cc4[nH]c5cccc(C(=O)NC)c5c(=O)c4cc3[nH]c2c1. The molecule has 0 aliphatic carbocycles. The molecule has 0 atom stereocenters. The maximum absolute atomic E-state index is 13.4. The maximum Gasteiger partial charge on any atom is 0.251 e. The number of rotatable bonds is 2. The first kappa shape index (κ1) is 19.5. The van der Waals surface area contributed by atoms with Gasteiger partial charge in [0.2, 0.25) is 0 Å². The van der Waals surface area contributed by atoms with E-state index in [0.717, 1.165) is 0 Å². The minimum absolute atomic E-state index is 0.209. The summed E-state index contributed by atoms with van der Waals surface area (Å²) in [5.41, 5.74) is 2.13. The summed E-state index contributed by atoms with van der Waals surface area (Å²) in [6.45, 7) is 0. The molecule has 0 unspecified atom stereocenters. The van der Waals surface area contributed by atoms with Crippen molar-refractivity contribution in [2.75, 3.05) is 14.1 Å². The number of carbonyl (C=O) groups excluding carboxylic acids is 2. The minimum atomic E-state index is -0.359. The molecule has 0 radical (unpaired) electrons. The normalized spacial score (nSPS) is 11.3. The number of fused-ring (bicyclic) bond motifs is 4. The Kier molecular flexibility index (Phi) is 4.30. The van der Waals surface area contributed by atoms with Crippen LogP contribution in [0.5, 0.6) is 0 Å². The Balaban J connectivity index is 1.88. The van der Waals surface area contributed by atoms with Crippen LogP contribution < -0.4 is 21.5 Å². The smallest absolute Gasteiger partial charge is 0.251 e. The van der Waals surface area contributed by atoms with Crippen molar-refractivity contribution >= 4 is 55.4 Å². The molecule has 4 N–H and O–H groups in total. The van der Waals surface area contributed by atoms with Crippen LogP contribution in [-0.4, -0.2) is 35.9 Å². The van der Waals surface area contributed by atoms with E-state index in [2.05, 4.69) is 20.6 Å².